The molecule has 0 aliphatic heterocycles. The van der Waals surface area contributed by atoms with E-state index in [0.29, 0.717) is 5.56 Å². The number of aliphatic hydroxyl groups is 2. The van der Waals surface area contributed by atoms with Gasteiger partial charge in [0, 0.05) is 6.07 Å². The summed E-state index contributed by atoms with van der Waals surface area (Å²) < 4.78 is 0. The molecule has 1 aromatic heterocycles. The van der Waals surface area contributed by atoms with Gasteiger partial charge in [-0.05, 0) is 12.5 Å². The van der Waals surface area contributed by atoms with Crippen molar-refractivity contribution in [3.63, 3.8) is 0 Å². The molecule has 0 aliphatic carbocycles. The molecule has 0 fully saturated rings. The molecule has 16 heavy (non-hydrogen) atoms. The Balaban J connectivity index is 3.03. The van der Waals surface area contributed by atoms with Crippen molar-refractivity contribution in [1.82, 2.24) is 4.98 Å². The van der Waals surface area contributed by atoms with Crippen molar-refractivity contribution in [1.29, 1.82) is 0 Å². The molecule has 1 aromatic rings. The van der Waals surface area contributed by atoms with Gasteiger partial charge in [-0.2, -0.15) is 0 Å². The predicted octanol–water partition coefficient (Wildman–Crippen LogP) is 0.931. The number of aliphatic hydroxyl groups excluding tert-OH is 2. The lowest BCUT2D eigenvalue weighted by molar-refractivity contribution is -0.385. The molecule has 0 aliphatic rings. The first kappa shape index (κ1) is 12.8. The number of hydrogen-bond acceptors (Lipinski definition) is 5. The van der Waals surface area contributed by atoms with Gasteiger partial charge in [0.05, 0.1) is 22.6 Å². The maximum Gasteiger partial charge on any atom is 0.287 e. The highest BCUT2D eigenvalue weighted by molar-refractivity contribution is 6.18. The topological polar surface area (TPSA) is 96.5 Å². The van der Waals surface area contributed by atoms with E-state index in [1.54, 1.807) is 6.92 Å². The summed E-state index contributed by atoms with van der Waals surface area (Å²) in [5.41, 5.74) is 0.471. The number of halogens is 1. The Bertz CT molecular complexity index is 399. The molecule has 2 unspecified atom stereocenters. The van der Waals surface area contributed by atoms with E-state index in [2.05, 4.69) is 4.98 Å². The number of nitrogens with zero attached hydrogens (tertiary/aromatic N) is 2. The Morgan fingerprint density at radius 3 is 2.69 bits per heavy atom. The number of nitro groups is 1. The molecule has 2 N–H and O–H groups in total. The molecule has 88 valence electrons. The molecule has 2 atom stereocenters. The van der Waals surface area contributed by atoms with Gasteiger partial charge in [-0.3, -0.25) is 15.1 Å². The van der Waals surface area contributed by atoms with Gasteiger partial charge in [-0.1, -0.05) is 0 Å². The van der Waals surface area contributed by atoms with E-state index in [1.165, 1.54) is 6.07 Å². The quantitative estimate of drug-likeness (QED) is 0.468. The lowest BCUT2D eigenvalue weighted by Gasteiger charge is -2.16. The highest BCUT2D eigenvalue weighted by atomic mass is 35.5. The van der Waals surface area contributed by atoms with Crippen LogP contribution in [0.3, 0.4) is 0 Å². The van der Waals surface area contributed by atoms with E-state index >= 15 is 0 Å². The number of hydrogen-bond donors (Lipinski definition) is 2. The van der Waals surface area contributed by atoms with Crippen LogP contribution in [0.5, 0.6) is 0 Å². The van der Waals surface area contributed by atoms with E-state index in [9.17, 15) is 20.3 Å². The molecule has 7 heteroatoms. The predicted molar refractivity (Wildman–Crippen MR) is 57.3 cm³/mol. The van der Waals surface area contributed by atoms with Crippen LogP contribution in [0.1, 0.15) is 17.4 Å². The van der Waals surface area contributed by atoms with Crippen LogP contribution < -0.4 is 0 Å². The summed E-state index contributed by atoms with van der Waals surface area (Å²) in [6, 6.07) is 1.28. The fraction of sp³-hybridized carbons (Fsp3) is 0.444. The Kier molecular flexibility index (Phi) is 4.17. The second kappa shape index (κ2) is 5.20. The highest BCUT2D eigenvalue weighted by Crippen LogP contribution is 2.22. The second-order valence-electron chi connectivity index (χ2n) is 3.32. The summed E-state index contributed by atoms with van der Waals surface area (Å²) in [5, 5.41) is 29.4. The van der Waals surface area contributed by atoms with Gasteiger partial charge in [-0.25, -0.2) is 0 Å². The number of rotatable bonds is 4. The number of alkyl halides is 1. The molecular weight excluding hydrogens is 236 g/mol. The molecule has 0 bridgehead atoms. The van der Waals surface area contributed by atoms with Crippen LogP contribution >= 0.6 is 11.6 Å². The van der Waals surface area contributed by atoms with Crippen LogP contribution in [-0.4, -0.2) is 32.1 Å². The molecule has 0 radical (unpaired) electrons. The molecule has 1 rings (SSSR count). The van der Waals surface area contributed by atoms with Crippen LogP contribution in [0.25, 0.3) is 0 Å². The summed E-state index contributed by atoms with van der Waals surface area (Å²) in [7, 11) is 0. The van der Waals surface area contributed by atoms with Crippen LogP contribution in [0.4, 0.5) is 5.69 Å². The molecule has 0 saturated heterocycles. The molecule has 6 nitrogen and oxygen atoms in total. The van der Waals surface area contributed by atoms with Crippen LogP contribution in [0.15, 0.2) is 12.3 Å². The van der Waals surface area contributed by atoms with Gasteiger partial charge in [-0.15, -0.1) is 11.6 Å². The third kappa shape index (κ3) is 2.66. The number of pyridine rings is 1. The molecular formula is C9H11ClN2O4. The van der Waals surface area contributed by atoms with Gasteiger partial charge in [0.25, 0.3) is 5.69 Å². The van der Waals surface area contributed by atoms with Crippen molar-refractivity contribution in [2.75, 3.05) is 5.88 Å². The Morgan fingerprint density at radius 1 is 1.62 bits per heavy atom. The van der Waals surface area contributed by atoms with Crippen molar-refractivity contribution >= 4 is 17.3 Å². The van der Waals surface area contributed by atoms with E-state index in [1.807, 2.05) is 0 Å². The number of aromatic nitrogens is 1. The summed E-state index contributed by atoms with van der Waals surface area (Å²) in [6.07, 6.45) is -1.35. The third-order valence-electron chi connectivity index (χ3n) is 2.12. The Hall–Kier alpha value is -1.24. The molecule has 0 saturated carbocycles. The van der Waals surface area contributed by atoms with Crippen molar-refractivity contribution in [2.45, 2.75) is 19.1 Å². The lowest BCUT2D eigenvalue weighted by Crippen LogP contribution is -2.21. The normalized spacial score (nSPS) is 14.5. The minimum atomic E-state index is -1.24. The first-order valence-electron chi connectivity index (χ1n) is 4.50. The molecule has 0 amide bonds. The fourth-order valence-electron chi connectivity index (χ4n) is 1.25. The van der Waals surface area contributed by atoms with Crippen molar-refractivity contribution in [3.8, 4) is 0 Å². The zero-order valence-corrected chi connectivity index (χ0v) is 9.26. The van der Waals surface area contributed by atoms with E-state index in [4.69, 9.17) is 11.6 Å². The maximum absolute atomic E-state index is 10.5. The summed E-state index contributed by atoms with van der Waals surface area (Å²) in [4.78, 5) is 13.6. The smallest absolute Gasteiger partial charge is 0.287 e. The van der Waals surface area contributed by atoms with E-state index in [0.717, 1.165) is 6.20 Å². The monoisotopic (exact) mass is 246 g/mol. The average molecular weight is 247 g/mol. The standard InChI is InChI=1S/C9H11ClN2O4/c1-5-2-6(12(15)16)4-11-8(5)9(14)7(13)3-10/h2,4,7,9,13-14H,3H2,1H3. The molecule has 0 aromatic carbocycles. The van der Waals surface area contributed by atoms with Crippen molar-refractivity contribution < 1.29 is 15.1 Å². The lowest BCUT2D eigenvalue weighted by atomic mass is 10.1. The zero-order chi connectivity index (χ0) is 12.3. The average Bonchev–Trinajstić information content (AvgIpc) is 2.26. The SMILES string of the molecule is Cc1cc([N+](=O)[O-])cnc1C(O)C(O)CCl. The zero-order valence-electron chi connectivity index (χ0n) is 8.50. The van der Waals surface area contributed by atoms with E-state index < -0.39 is 17.1 Å². The maximum atomic E-state index is 10.5. The van der Waals surface area contributed by atoms with Crippen LogP contribution in [-0.2, 0) is 0 Å². The highest BCUT2D eigenvalue weighted by Gasteiger charge is 2.22. The van der Waals surface area contributed by atoms with Gasteiger partial charge in [0.1, 0.15) is 12.3 Å². The van der Waals surface area contributed by atoms with Crippen molar-refractivity contribution in [2.24, 2.45) is 0 Å². The first-order chi connectivity index (χ1) is 7.47. The van der Waals surface area contributed by atoms with Gasteiger partial charge >= 0.3 is 0 Å². The minimum Gasteiger partial charge on any atom is -0.389 e. The van der Waals surface area contributed by atoms with Crippen molar-refractivity contribution in [3.05, 3.63) is 33.6 Å². The van der Waals surface area contributed by atoms with Crippen LogP contribution in [0, 0.1) is 17.0 Å². The van der Waals surface area contributed by atoms with Gasteiger partial charge in [0.2, 0.25) is 0 Å². The molecule has 0 spiro atoms. The Morgan fingerprint density at radius 2 is 2.25 bits per heavy atom. The largest absolute Gasteiger partial charge is 0.389 e. The fourth-order valence-corrected chi connectivity index (χ4v) is 1.42. The third-order valence-corrected chi connectivity index (χ3v) is 2.43. The second-order valence-corrected chi connectivity index (χ2v) is 3.63. The number of aryl methyl sites for hydroxylation is 1. The summed E-state index contributed by atoms with van der Waals surface area (Å²) >= 11 is 5.38. The summed E-state index contributed by atoms with van der Waals surface area (Å²) in [5.74, 6) is -0.140. The first-order valence-corrected chi connectivity index (χ1v) is 5.04. The van der Waals surface area contributed by atoms with Crippen LogP contribution in [0.2, 0.25) is 0 Å². The van der Waals surface area contributed by atoms with E-state index in [-0.39, 0.29) is 17.3 Å². The van der Waals surface area contributed by atoms with Gasteiger partial charge < -0.3 is 10.2 Å². The molecule has 1 heterocycles. The Labute approximate surface area is 96.7 Å². The summed E-state index contributed by atoms with van der Waals surface area (Å²) in [6.45, 7) is 1.57. The minimum absolute atomic E-state index is 0.140. The van der Waals surface area contributed by atoms with Gasteiger partial charge in [0.15, 0.2) is 0 Å².